The molecule has 0 heterocycles. The SMILES string of the molecule is O=C(Cl)CCCCC1CCCC1. The van der Waals surface area contributed by atoms with Crippen molar-refractivity contribution in [3.63, 3.8) is 0 Å². The number of carbonyl (C=O) groups excluding carboxylic acids is 1. The van der Waals surface area contributed by atoms with Crippen LogP contribution in [-0.2, 0) is 4.79 Å². The second-order valence-electron chi connectivity index (χ2n) is 3.75. The van der Waals surface area contributed by atoms with Crippen molar-refractivity contribution in [2.75, 3.05) is 0 Å². The molecule has 12 heavy (non-hydrogen) atoms. The van der Waals surface area contributed by atoms with Gasteiger partial charge in [0.1, 0.15) is 0 Å². The molecule has 1 aliphatic carbocycles. The van der Waals surface area contributed by atoms with Gasteiger partial charge in [-0.2, -0.15) is 0 Å². The third-order valence-electron chi connectivity index (χ3n) is 2.71. The predicted octanol–water partition coefficient (Wildman–Crippen LogP) is 3.50. The lowest BCUT2D eigenvalue weighted by Crippen LogP contribution is -1.94. The van der Waals surface area contributed by atoms with E-state index >= 15 is 0 Å². The van der Waals surface area contributed by atoms with Gasteiger partial charge in [-0.3, -0.25) is 4.79 Å². The first-order chi connectivity index (χ1) is 5.79. The maximum absolute atomic E-state index is 10.4. The Morgan fingerprint density at radius 2 is 1.92 bits per heavy atom. The summed E-state index contributed by atoms with van der Waals surface area (Å²) in [5.74, 6) is 0.954. The summed E-state index contributed by atoms with van der Waals surface area (Å²) in [4.78, 5) is 10.4. The topological polar surface area (TPSA) is 17.1 Å². The predicted molar refractivity (Wildman–Crippen MR) is 51.3 cm³/mol. The van der Waals surface area contributed by atoms with Gasteiger partial charge in [-0.05, 0) is 23.9 Å². The molecule has 0 spiro atoms. The normalized spacial score (nSPS) is 18.4. The van der Waals surface area contributed by atoms with E-state index in [0.717, 1.165) is 12.3 Å². The summed E-state index contributed by atoms with van der Waals surface area (Å²) in [5.41, 5.74) is 0. The minimum Gasteiger partial charge on any atom is -0.281 e. The maximum Gasteiger partial charge on any atom is 0.221 e. The summed E-state index contributed by atoms with van der Waals surface area (Å²) >= 11 is 5.23. The second-order valence-corrected chi connectivity index (χ2v) is 4.17. The molecule has 0 atom stereocenters. The number of hydrogen-bond donors (Lipinski definition) is 0. The molecule has 0 unspecified atom stereocenters. The molecule has 1 nitrogen and oxygen atoms in total. The van der Waals surface area contributed by atoms with Crippen LogP contribution in [0.2, 0.25) is 0 Å². The van der Waals surface area contributed by atoms with E-state index in [0.29, 0.717) is 6.42 Å². The lowest BCUT2D eigenvalue weighted by atomic mass is 10.0. The first-order valence-corrected chi connectivity index (χ1v) is 5.35. The molecule has 0 aromatic carbocycles. The third kappa shape index (κ3) is 4.10. The molecule has 1 fully saturated rings. The van der Waals surface area contributed by atoms with Crippen molar-refractivity contribution < 1.29 is 4.79 Å². The van der Waals surface area contributed by atoms with Crippen LogP contribution < -0.4 is 0 Å². The van der Waals surface area contributed by atoms with Crippen molar-refractivity contribution in [2.45, 2.75) is 51.4 Å². The van der Waals surface area contributed by atoms with Crippen molar-refractivity contribution in [1.29, 1.82) is 0 Å². The molecule has 0 N–H and O–H groups in total. The van der Waals surface area contributed by atoms with E-state index in [1.807, 2.05) is 0 Å². The molecule has 0 radical (unpaired) electrons. The molecule has 70 valence electrons. The van der Waals surface area contributed by atoms with E-state index < -0.39 is 0 Å². The molecule has 1 rings (SSSR count). The largest absolute Gasteiger partial charge is 0.281 e. The van der Waals surface area contributed by atoms with E-state index in [-0.39, 0.29) is 5.24 Å². The molecule has 0 saturated heterocycles. The van der Waals surface area contributed by atoms with E-state index in [9.17, 15) is 4.79 Å². The standard InChI is InChI=1S/C10H17ClO/c11-10(12)8-4-3-7-9-5-1-2-6-9/h9H,1-8H2. The van der Waals surface area contributed by atoms with E-state index in [1.165, 1.54) is 38.5 Å². The van der Waals surface area contributed by atoms with Crippen molar-refractivity contribution >= 4 is 16.8 Å². The zero-order chi connectivity index (χ0) is 8.81. The minimum atomic E-state index is -0.179. The summed E-state index contributed by atoms with van der Waals surface area (Å²) in [5, 5.41) is -0.179. The average molecular weight is 189 g/mol. The summed E-state index contributed by atoms with van der Waals surface area (Å²) in [6, 6.07) is 0. The molecule has 0 amide bonds. The highest BCUT2D eigenvalue weighted by Crippen LogP contribution is 2.29. The average Bonchev–Trinajstić information content (AvgIpc) is 2.49. The van der Waals surface area contributed by atoms with Crippen molar-refractivity contribution in [1.82, 2.24) is 0 Å². The van der Waals surface area contributed by atoms with E-state index in [2.05, 4.69) is 0 Å². The molecule has 1 saturated carbocycles. The first kappa shape index (κ1) is 10.0. The van der Waals surface area contributed by atoms with Crippen molar-refractivity contribution in [3.05, 3.63) is 0 Å². The second kappa shape index (κ2) is 5.58. The van der Waals surface area contributed by atoms with Gasteiger partial charge in [0.25, 0.3) is 0 Å². The van der Waals surface area contributed by atoms with Gasteiger partial charge in [0.2, 0.25) is 5.24 Å². The molecule has 0 aromatic heterocycles. The highest BCUT2D eigenvalue weighted by Gasteiger charge is 2.13. The van der Waals surface area contributed by atoms with Crippen LogP contribution in [-0.4, -0.2) is 5.24 Å². The van der Waals surface area contributed by atoms with E-state index in [1.54, 1.807) is 0 Å². The van der Waals surface area contributed by atoms with Gasteiger partial charge >= 0.3 is 0 Å². The summed E-state index contributed by atoms with van der Waals surface area (Å²) in [6.45, 7) is 0. The minimum absolute atomic E-state index is 0.179. The molecule has 0 aliphatic heterocycles. The van der Waals surface area contributed by atoms with Crippen LogP contribution in [0.5, 0.6) is 0 Å². The fourth-order valence-corrected chi connectivity index (χ4v) is 2.13. The molecule has 0 aromatic rings. The van der Waals surface area contributed by atoms with Gasteiger partial charge in [-0.1, -0.05) is 38.5 Å². The fourth-order valence-electron chi connectivity index (χ4n) is 2.00. The van der Waals surface area contributed by atoms with Crippen molar-refractivity contribution in [3.8, 4) is 0 Å². The Hall–Kier alpha value is -0.0400. The summed E-state index contributed by atoms with van der Waals surface area (Å²) in [6.07, 6.45) is 9.70. The van der Waals surface area contributed by atoms with Gasteiger partial charge in [0.15, 0.2) is 0 Å². The lowest BCUT2D eigenvalue weighted by Gasteiger charge is -2.06. The first-order valence-electron chi connectivity index (χ1n) is 4.97. The smallest absolute Gasteiger partial charge is 0.221 e. The number of halogens is 1. The zero-order valence-corrected chi connectivity index (χ0v) is 8.28. The monoisotopic (exact) mass is 188 g/mol. The molecular weight excluding hydrogens is 172 g/mol. The van der Waals surface area contributed by atoms with Gasteiger partial charge in [0.05, 0.1) is 0 Å². The Labute approximate surface area is 79.5 Å². The van der Waals surface area contributed by atoms with Gasteiger partial charge in [-0.25, -0.2) is 0 Å². The van der Waals surface area contributed by atoms with Gasteiger partial charge in [0, 0.05) is 6.42 Å². The third-order valence-corrected chi connectivity index (χ3v) is 2.90. The van der Waals surface area contributed by atoms with Crippen LogP contribution in [0.15, 0.2) is 0 Å². The molecular formula is C10H17ClO. The molecule has 0 bridgehead atoms. The maximum atomic E-state index is 10.4. The van der Waals surface area contributed by atoms with Crippen LogP contribution in [0.1, 0.15) is 51.4 Å². The van der Waals surface area contributed by atoms with Gasteiger partial charge < -0.3 is 0 Å². The summed E-state index contributed by atoms with van der Waals surface area (Å²) in [7, 11) is 0. The quantitative estimate of drug-likeness (QED) is 0.477. The molecule has 1 aliphatic rings. The van der Waals surface area contributed by atoms with Crippen molar-refractivity contribution in [2.24, 2.45) is 5.92 Å². The highest BCUT2D eigenvalue weighted by molar-refractivity contribution is 6.63. The van der Waals surface area contributed by atoms with E-state index in [4.69, 9.17) is 11.6 Å². The summed E-state index contributed by atoms with van der Waals surface area (Å²) < 4.78 is 0. The van der Waals surface area contributed by atoms with Crippen LogP contribution in [0.25, 0.3) is 0 Å². The Balaban J connectivity index is 1.91. The molecule has 2 heteroatoms. The van der Waals surface area contributed by atoms with Crippen LogP contribution >= 0.6 is 11.6 Å². The van der Waals surface area contributed by atoms with Gasteiger partial charge in [-0.15, -0.1) is 0 Å². The Morgan fingerprint density at radius 1 is 1.25 bits per heavy atom. The zero-order valence-electron chi connectivity index (χ0n) is 7.52. The number of carbonyl (C=O) groups is 1. The fraction of sp³-hybridized carbons (Fsp3) is 0.900. The number of hydrogen-bond acceptors (Lipinski definition) is 1. The Kier molecular flexibility index (Phi) is 4.67. The number of rotatable bonds is 5. The Morgan fingerprint density at radius 3 is 2.50 bits per heavy atom. The van der Waals surface area contributed by atoms with Crippen LogP contribution in [0.4, 0.5) is 0 Å². The van der Waals surface area contributed by atoms with Crippen LogP contribution in [0.3, 0.4) is 0 Å². The highest BCUT2D eigenvalue weighted by atomic mass is 35.5. The lowest BCUT2D eigenvalue weighted by molar-refractivity contribution is -0.111. The Bertz CT molecular complexity index is 139. The van der Waals surface area contributed by atoms with Crippen LogP contribution in [0, 0.1) is 5.92 Å². The number of unbranched alkanes of at least 4 members (excludes halogenated alkanes) is 1.